The maximum absolute atomic E-state index is 11.0. The quantitative estimate of drug-likeness (QED) is 0.713. The molecule has 0 aromatic heterocycles. The van der Waals surface area contributed by atoms with Crippen LogP contribution in [0.25, 0.3) is 21.9 Å². The van der Waals surface area contributed by atoms with Gasteiger partial charge in [-0.05, 0) is 39.9 Å². The zero-order valence-corrected chi connectivity index (χ0v) is 12.4. The van der Waals surface area contributed by atoms with Crippen LogP contribution in [0.15, 0.2) is 59.8 Å². The fourth-order valence-corrected chi connectivity index (χ4v) is 2.59. The van der Waals surface area contributed by atoms with Crippen molar-refractivity contribution in [3.8, 4) is 16.9 Å². The van der Waals surface area contributed by atoms with Gasteiger partial charge < -0.3 is 10.0 Å². The lowest BCUT2D eigenvalue weighted by atomic mass is 9.96. The van der Waals surface area contributed by atoms with Gasteiger partial charge in [-0.1, -0.05) is 36.4 Å². The molecule has 0 saturated heterocycles. The largest absolute Gasteiger partial charge is 0.505 e. The highest BCUT2D eigenvalue weighted by Crippen LogP contribution is 2.41. The van der Waals surface area contributed by atoms with Crippen LogP contribution in [-0.4, -0.2) is 19.2 Å². The molecule has 22 heavy (non-hydrogen) atoms. The van der Waals surface area contributed by atoms with Crippen molar-refractivity contribution in [2.24, 2.45) is 5.18 Å². The highest BCUT2D eigenvalue weighted by molar-refractivity contribution is 6.03. The van der Waals surface area contributed by atoms with E-state index in [0.717, 1.165) is 22.2 Å². The van der Waals surface area contributed by atoms with E-state index in [4.69, 9.17) is 0 Å². The fourth-order valence-electron chi connectivity index (χ4n) is 2.59. The van der Waals surface area contributed by atoms with Gasteiger partial charge in [0.25, 0.3) is 0 Å². The van der Waals surface area contributed by atoms with E-state index in [2.05, 4.69) is 5.18 Å². The summed E-state index contributed by atoms with van der Waals surface area (Å²) in [4.78, 5) is 13.0. The summed E-state index contributed by atoms with van der Waals surface area (Å²) in [6, 6.07) is 17.1. The second-order valence-corrected chi connectivity index (χ2v) is 5.37. The smallest absolute Gasteiger partial charge is 0.152 e. The molecule has 0 radical (unpaired) electrons. The highest BCUT2D eigenvalue weighted by atomic mass is 16.3. The molecule has 0 aliphatic carbocycles. The van der Waals surface area contributed by atoms with Gasteiger partial charge in [0.05, 0.1) is 0 Å². The van der Waals surface area contributed by atoms with Gasteiger partial charge in [-0.15, -0.1) is 4.91 Å². The third kappa shape index (κ3) is 2.29. The Morgan fingerprint density at radius 1 is 0.955 bits per heavy atom. The van der Waals surface area contributed by atoms with Gasteiger partial charge in [0.1, 0.15) is 0 Å². The lowest BCUT2D eigenvalue weighted by Gasteiger charge is -2.14. The topological polar surface area (TPSA) is 52.9 Å². The first-order chi connectivity index (χ1) is 10.6. The lowest BCUT2D eigenvalue weighted by molar-refractivity contribution is 0.483. The molecular weight excluding hydrogens is 276 g/mol. The number of aromatic hydroxyl groups is 1. The lowest BCUT2D eigenvalue weighted by Crippen LogP contribution is -2.07. The van der Waals surface area contributed by atoms with Crippen LogP contribution in [-0.2, 0) is 0 Å². The van der Waals surface area contributed by atoms with Crippen LogP contribution in [0.1, 0.15) is 0 Å². The zero-order valence-electron chi connectivity index (χ0n) is 12.4. The molecule has 3 rings (SSSR count). The molecule has 110 valence electrons. The number of nitroso groups, excluding NO2 is 1. The average molecular weight is 292 g/mol. The van der Waals surface area contributed by atoms with Crippen molar-refractivity contribution >= 4 is 22.1 Å². The molecule has 4 nitrogen and oxygen atoms in total. The minimum absolute atomic E-state index is 0.0605. The summed E-state index contributed by atoms with van der Waals surface area (Å²) < 4.78 is 0. The third-order valence-electron chi connectivity index (χ3n) is 3.79. The minimum atomic E-state index is -0.0701. The molecule has 0 spiro atoms. The van der Waals surface area contributed by atoms with E-state index >= 15 is 0 Å². The standard InChI is InChI=1S/C18H16N2O2/c1-20(2)13-9-7-12(8-10-13)16-11-17(19-22)18(21)15-6-4-3-5-14(15)16/h3-11,21H,1-2H3. The van der Waals surface area contributed by atoms with Crippen molar-refractivity contribution in [3.05, 3.63) is 59.5 Å². The zero-order chi connectivity index (χ0) is 15.7. The third-order valence-corrected chi connectivity index (χ3v) is 3.79. The van der Waals surface area contributed by atoms with Crippen molar-refractivity contribution in [2.75, 3.05) is 19.0 Å². The summed E-state index contributed by atoms with van der Waals surface area (Å²) in [5, 5.41) is 14.6. The number of benzene rings is 3. The van der Waals surface area contributed by atoms with E-state index in [1.807, 2.05) is 61.5 Å². The van der Waals surface area contributed by atoms with Crippen LogP contribution in [0.5, 0.6) is 5.75 Å². The first kappa shape index (κ1) is 14.1. The Morgan fingerprint density at radius 3 is 2.18 bits per heavy atom. The van der Waals surface area contributed by atoms with E-state index in [1.165, 1.54) is 0 Å². The van der Waals surface area contributed by atoms with Crippen LogP contribution >= 0.6 is 0 Å². The number of hydrogen-bond acceptors (Lipinski definition) is 4. The normalized spacial score (nSPS) is 10.6. The van der Waals surface area contributed by atoms with E-state index in [1.54, 1.807) is 12.1 Å². The van der Waals surface area contributed by atoms with Crippen molar-refractivity contribution in [1.29, 1.82) is 0 Å². The maximum Gasteiger partial charge on any atom is 0.152 e. The second kappa shape index (κ2) is 5.48. The number of rotatable bonds is 3. The Labute approximate surface area is 128 Å². The van der Waals surface area contributed by atoms with Crippen LogP contribution in [0.3, 0.4) is 0 Å². The summed E-state index contributed by atoms with van der Waals surface area (Å²) in [7, 11) is 3.97. The first-order valence-electron chi connectivity index (χ1n) is 6.97. The average Bonchev–Trinajstić information content (AvgIpc) is 2.55. The minimum Gasteiger partial charge on any atom is -0.505 e. The summed E-state index contributed by atoms with van der Waals surface area (Å²) in [5.74, 6) is -0.0701. The number of hydrogen-bond donors (Lipinski definition) is 1. The van der Waals surface area contributed by atoms with Crippen LogP contribution in [0.2, 0.25) is 0 Å². The molecule has 0 amide bonds. The molecule has 0 aliphatic heterocycles. The van der Waals surface area contributed by atoms with Crippen LogP contribution in [0.4, 0.5) is 11.4 Å². The van der Waals surface area contributed by atoms with E-state index < -0.39 is 0 Å². The predicted molar refractivity (Wildman–Crippen MR) is 90.8 cm³/mol. The van der Waals surface area contributed by atoms with E-state index in [9.17, 15) is 10.0 Å². The summed E-state index contributed by atoms with van der Waals surface area (Å²) >= 11 is 0. The van der Waals surface area contributed by atoms with Gasteiger partial charge in [0, 0.05) is 25.2 Å². The van der Waals surface area contributed by atoms with Gasteiger partial charge in [-0.3, -0.25) is 0 Å². The molecule has 0 bridgehead atoms. The van der Waals surface area contributed by atoms with E-state index in [-0.39, 0.29) is 11.4 Å². The number of anilines is 1. The molecular formula is C18H16N2O2. The number of fused-ring (bicyclic) bond motifs is 1. The Morgan fingerprint density at radius 2 is 1.59 bits per heavy atom. The van der Waals surface area contributed by atoms with E-state index in [0.29, 0.717) is 5.39 Å². The molecule has 3 aromatic carbocycles. The van der Waals surface area contributed by atoms with Crippen molar-refractivity contribution in [2.45, 2.75) is 0 Å². The predicted octanol–water partition coefficient (Wildman–Crippen LogP) is 4.68. The highest BCUT2D eigenvalue weighted by Gasteiger charge is 2.13. The molecule has 0 aliphatic rings. The van der Waals surface area contributed by atoms with Gasteiger partial charge in [0.2, 0.25) is 0 Å². The summed E-state index contributed by atoms with van der Waals surface area (Å²) in [6.07, 6.45) is 0. The summed E-state index contributed by atoms with van der Waals surface area (Å²) in [6.45, 7) is 0. The Bertz CT molecular complexity index is 840. The molecule has 3 aromatic rings. The Hall–Kier alpha value is -2.88. The van der Waals surface area contributed by atoms with Crippen molar-refractivity contribution < 1.29 is 5.11 Å². The van der Waals surface area contributed by atoms with Gasteiger partial charge >= 0.3 is 0 Å². The summed E-state index contributed by atoms with van der Waals surface area (Å²) in [5.41, 5.74) is 3.02. The first-order valence-corrected chi connectivity index (χ1v) is 6.97. The molecule has 0 saturated carbocycles. The molecule has 0 fully saturated rings. The Balaban J connectivity index is 2.25. The molecule has 4 heteroatoms. The monoisotopic (exact) mass is 292 g/mol. The molecule has 1 N–H and O–H groups in total. The fraction of sp³-hybridized carbons (Fsp3) is 0.111. The van der Waals surface area contributed by atoms with Gasteiger partial charge in [-0.2, -0.15) is 0 Å². The Kier molecular flexibility index (Phi) is 3.51. The second-order valence-electron chi connectivity index (χ2n) is 5.37. The van der Waals surface area contributed by atoms with Crippen molar-refractivity contribution in [3.63, 3.8) is 0 Å². The maximum atomic E-state index is 11.0. The number of phenolic OH excluding ortho intramolecular Hbond substituents is 1. The van der Waals surface area contributed by atoms with Crippen LogP contribution < -0.4 is 4.90 Å². The number of nitrogens with zero attached hydrogens (tertiary/aromatic N) is 2. The van der Waals surface area contributed by atoms with Crippen molar-refractivity contribution in [1.82, 2.24) is 0 Å². The molecule has 0 heterocycles. The van der Waals surface area contributed by atoms with Crippen LogP contribution in [0, 0.1) is 4.91 Å². The number of phenols is 1. The van der Waals surface area contributed by atoms with Gasteiger partial charge in [0.15, 0.2) is 11.4 Å². The molecule has 0 unspecified atom stereocenters. The SMILES string of the molecule is CN(C)c1ccc(-c2cc(N=O)c(O)c3ccccc23)cc1. The van der Waals surface area contributed by atoms with Gasteiger partial charge in [-0.25, -0.2) is 0 Å². The molecule has 0 atom stereocenters.